The molecule has 0 radical (unpaired) electrons. The van der Waals surface area contributed by atoms with Gasteiger partial charge in [0.15, 0.2) is 34.9 Å². The Morgan fingerprint density at radius 2 is 0.489 bits per heavy atom. The van der Waals surface area contributed by atoms with Gasteiger partial charge in [-0.25, -0.2) is 29.9 Å². The molecule has 0 aliphatic rings. The zero-order valence-corrected chi connectivity index (χ0v) is 52.0. The maximum absolute atomic E-state index is 6.63. The van der Waals surface area contributed by atoms with Crippen molar-refractivity contribution >= 4 is 97.8 Å². The van der Waals surface area contributed by atoms with E-state index in [1.54, 1.807) is 0 Å². The van der Waals surface area contributed by atoms with Gasteiger partial charge in [0.1, 0.15) is 0 Å². The lowest BCUT2D eigenvalue weighted by atomic mass is 9.91. The van der Waals surface area contributed by atoms with Crippen molar-refractivity contribution in [1.82, 2.24) is 29.9 Å². The molecule has 2 aromatic heterocycles. The molecule has 18 aromatic rings. The average Bonchev–Trinajstić information content (AvgIpc) is 0.787. The van der Waals surface area contributed by atoms with Crippen LogP contribution < -0.4 is 0 Å². The van der Waals surface area contributed by atoms with E-state index in [0.717, 1.165) is 60.7 Å². The third kappa shape index (κ3) is 11.3. The molecule has 0 aliphatic heterocycles. The van der Waals surface area contributed by atoms with Crippen LogP contribution in [0.1, 0.15) is 5.56 Å². The maximum Gasteiger partial charge on any atom is 0.165 e. The van der Waals surface area contributed by atoms with Gasteiger partial charge in [-0.15, -0.1) is 0 Å². The molecule has 0 atom stereocenters. The van der Waals surface area contributed by atoms with Gasteiger partial charge in [0, 0.05) is 33.4 Å². The molecule has 7 heteroatoms. The Kier molecular flexibility index (Phi) is 15.2. The van der Waals surface area contributed by atoms with Gasteiger partial charge in [-0.05, 0) is 135 Å². The first-order chi connectivity index (χ1) is 46.4. The van der Waals surface area contributed by atoms with Crippen LogP contribution in [0.5, 0.6) is 0 Å². The molecular weight excluding hydrogens is 1160 g/mol. The highest BCUT2D eigenvalue weighted by atomic mass is 35.5. The number of hydrogen-bond acceptors (Lipinski definition) is 6. The first-order valence-corrected chi connectivity index (χ1v) is 31.9. The Morgan fingerprint density at radius 3 is 0.926 bits per heavy atom. The monoisotopic (exact) mass is 1220 g/mol. The minimum Gasteiger partial charge on any atom is -0.208 e. The van der Waals surface area contributed by atoms with Crippen molar-refractivity contribution in [3.63, 3.8) is 0 Å². The topological polar surface area (TPSA) is 77.3 Å². The fraction of sp³-hybridized carbons (Fsp3) is 0.0115. The summed E-state index contributed by atoms with van der Waals surface area (Å²) in [4.78, 5) is 29.4. The quantitative estimate of drug-likeness (QED) is 0.148. The number of aromatic nitrogens is 6. The van der Waals surface area contributed by atoms with E-state index in [0.29, 0.717) is 40.0 Å². The van der Waals surface area contributed by atoms with Crippen LogP contribution in [0.4, 0.5) is 0 Å². The molecule has 94 heavy (non-hydrogen) atoms. The normalized spacial score (nSPS) is 11.3. The Bertz CT molecular complexity index is 5770. The van der Waals surface area contributed by atoms with Crippen LogP contribution in [0, 0.1) is 6.92 Å². The molecule has 0 saturated heterocycles. The lowest BCUT2D eigenvalue weighted by Gasteiger charge is -2.15. The van der Waals surface area contributed by atoms with E-state index in [1.807, 2.05) is 152 Å². The summed E-state index contributed by atoms with van der Waals surface area (Å²) in [5, 5.41) is 20.6. The summed E-state index contributed by atoms with van der Waals surface area (Å²) in [6.45, 7) is 2.15. The first-order valence-electron chi connectivity index (χ1n) is 31.5. The van der Waals surface area contributed by atoms with Crippen molar-refractivity contribution in [1.29, 1.82) is 0 Å². The zero-order chi connectivity index (χ0) is 62.9. The van der Waals surface area contributed by atoms with Crippen molar-refractivity contribution in [2.45, 2.75) is 6.92 Å². The van der Waals surface area contributed by atoms with Crippen molar-refractivity contribution in [2.75, 3.05) is 0 Å². The summed E-state index contributed by atoms with van der Waals surface area (Å²) in [6.07, 6.45) is 0. The third-order valence-electron chi connectivity index (χ3n) is 17.6. The second kappa shape index (κ2) is 24.9. The SMILES string of the molecule is Cc1ccc2ccc3c4ccccc4ccc3c2c1.Clc1cc2ccccc2cc1-c1nc(-c2ccccc2)nc(-c2ccccc2)n1.c1ccc(-c2nc(-c3ccccc3)nc(-c3cc4ccccc4cc3-c3ccc4ccc5c6ccccc6ccc5c4c3)n2)cc1. The average molecular weight is 1220 g/mol. The number of fused-ring (bicyclic) bond motifs is 12. The van der Waals surface area contributed by atoms with Gasteiger partial charge < -0.3 is 0 Å². The van der Waals surface area contributed by atoms with Crippen LogP contribution >= 0.6 is 11.6 Å². The predicted octanol–water partition coefficient (Wildman–Crippen LogP) is 23.3. The summed E-state index contributed by atoms with van der Waals surface area (Å²) in [6, 6.07) is 114. The first kappa shape index (κ1) is 57.1. The molecule has 0 amide bonds. The van der Waals surface area contributed by atoms with Crippen molar-refractivity contribution in [3.8, 4) is 79.5 Å². The van der Waals surface area contributed by atoms with Crippen molar-refractivity contribution < 1.29 is 0 Å². The number of halogens is 1. The molecule has 0 N–H and O–H groups in total. The molecule has 442 valence electrons. The van der Waals surface area contributed by atoms with E-state index in [1.165, 1.54) is 75.6 Å². The van der Waals surface area contributed by atoms with Crippen LogP contribution in [0.15, 0.2) is 328 Å². The van der Waals surface area contributed by atoms with Crippen molar-refractivity contribution in [2.24, 2.45) is 0 Å². The van der Waals surface area contributed by atoms with E-state index in [2.05, 4.69) is 183 Å². The highest BCUT2D eigenvalue weighted by Gasteiger charge is 2.19. The molecule has 0 spiro atoms. The number of benzene rings is 16. The van der Waals surface area contributed by atoms with Gasteiger partial charge in [-0.1, -0.05) is 314 Å². The van der Waals surface area contributed by atoms with Crippen LogP contribution in [0.3, 0.4) is 0 Å². The summed E-state index contributed by atoms with van der Waals surface area (Å²) in [7, 11) is 0. The highest BCUT2D eigenvalue weighted by molar-refractivity contribution is 6.34. The Hall–Kier alpha value is -12.1. The fourth-order valence-electron chi connectivity index (χ4n) is 12.8. The highest BCUT2D eigenvalue weighted by Crippen LogP contribution is 2.40. The molecule has 0 aliphatic carbocycles. The van der Waals surface area contributed by atoms with Gasteiger partial charge >= 0.3 is 0 Å². The number of rotatable bonds is 7. The summed E-state index contributed by atoms with van der Waals surface area (Å²) >= 11 is 6.63. The second-order valence-corrected chi connectivity index (χ2v) is 24.0. The van der Waals surface area contributed by atoms with Gasteiger partial charge in [0.05, 0.1) is 5.02 Å². The Morgan fingerprint density at radius 1 is 0.191 bits per heavy atom. The smallest absolute Gasteiger partial charge is 0.165 e. The summed E-state index contributed by atoms with van der Waals surface area (Å²) in [5.41, 5.74) is 9.07. The molecule has 0 saturated carbocycles. The molecule has 16 aromatic carbocycles. The van der Waals surface area contributed by atoms with E-state index in [-0.39, 0.29) is 0 Å². The number of aryl methyl sites for hydroxylation is 1. The maximum atomic E-state index is 6.63. The minimum atomic E-state index is 0.563. The fourth-order valence-corrected chi connectivity index (χ4v) is 13.1. The molecule has 0 bridgehead atoms. The van der Waals surface area contributed by atoms with Crippen LogP contribution in [-0.2, 0) is 0 Å². The second-order valence-electron chi connectivity index (χ2n) is 23.6. The molecule has 0 fully saturated rings. The van der Waals surface area contributed by atoms with E-state index in [9.17, 15) is 0 Å². The third-order valence-corrected chi connectivity index (χ3v) is 17.9. The number of nitrogens with zero attached hydrogens (tertiary/aromatic N) is 6. The molecule has 18 rings (SSSR count). The standard InChI is InChI=1S/C43H27N3.C25H16ClN3.C19H14/c1-3-12-30(13-4-1)41-44-42(31-14-5-2-6-15-31)46-43(45-41)40-26-33-17-8-7-16-32(33)25-39(40)34-20-19-29-22-23-36-35-18-10-9-11-28(35)21-24-37(36)38(29)27-34;26-22-16-20-14-8-7-13-19(20)15-21(22)25-28-23(17-9-3-1-4-10-17)27-24(29-25)18-11-5-2-6-12-18;1-13-6-7-15-9-10-17-16-5-3-2-4-14(16)8-11-18(17)19(15)12-13/h1-27H;1-16H;2-12H,1H3. The molecule has 0 unspecified atom stereocenters. The predicted molar refractivity (Wildman–Crippen MR) is 394 cm³/mol. The largest absolute Gasteiger partial charge is 0.208 e. The molecular formula is C87H57ClN6. The Balaban J connectivity index is 0.000000123. The van der Waals surface area contributed by atoms with E-state index >= 15 is 0 Å². The van der Waals surface area contributed by atoms with Gasteiger partial charge in [-0.2, -0.15) is 0 Å². The van der Waals surface area contributed by atoms with Gasteiger partial charge in [-0.3, -0.25) is 0 Å². The van der Waals surface area contributed by atoms with E-state index < -0.39 is 0 Å². The summed E-state index contributed by atoms with van der Waals surface area (Å²) < 4.78 is 0. The van der Waals surface area contributed by atoms with Gasteiger partial charge in [0.25, 0.3) is 0 Å². The van der Waals surface area contributed by atoms with Gasteiger partial charge in [0.2, 0.25) is 0 Å². The van der Waals surface area contributed by atoms with Crippen LogP contribution in [0.25, 0.3) is 166 Å². The molecule has 2 heterocycles. The zero-order valence-electron chi connectivity index (χ0n) is 51.2. The molecule has 6 nitrogen and oxygen atoms in total. The summed E-state index contributed by atoms with van der Waals surface area (Å²) in [5.74, 6) is 3.77. The van der Waals surface area contributed by atoms with Crippen molar-refractivity contribution in [3.05, 3.63) is 338 Å². The van der Waals surface area contributed by atoms with E-state index in [4.69, 9.17) is 41.5 Å². The Labute approximate surface area is 548 Å². The lowest BCUT2D eigenvalue weighted by Crippen LogP contribution is -2.01. The minimum absolute atomic E-state index is 0.563. The lowest BCUT2D eigenvalue weighted by molar-refractivity contribution is 1.07. The number of hydrogen-bond donors (Lipinski definition) is 0. The van der Waals surface area contributed by atoms with Crippen LogP contribution in [0.2, 0.25) is 5.02 Å². The van der Waals surface area contributed by atoms with Crippen LogP contribution in [-0.4, -0.2) is 29.9 Å².